The highest BCUT2D eigenvalue weighted by Crippen LogP contribution is 2.19. The lowest BCUT2D eigenvalue weighted by Gasteiger charge is -2.23. The summed E-state index contributed by atoms with van der Waals surface area (Å²) in [5.41, 5.74) is -1.61. The van der Waals surface area contributed by atoms with Crippen LogP contribution < -0.4 is 5.32 Å². The van der Waals surface area contributed by atoms with E-state index in [9.17, 15) is 18.0 Å². The lowest BCUT2D eigenvalue weighted by molar-refractivity contribution is -0.153. The number of ether oxygens (including phenoxy) is 1. The molecule has 0 radical (unpaired) electrons. The van der Waals surface area contributed by atoms with Crippen molar-refractivity contribution >= 4 is 21.7 Å². The van der Waals surface area contributed by atoms with E-state index in [1.165, 1.54) is 21.0 Å². The molecule has 104 valence electrons. The zero-order valence-electron chi connectivity index (χ0n) is 10.5. The Balaban J connectivity index is 2.79. The summed E-state index contributed by atoms with van der Waals surface area (Å²) in [6.07, 6.45) is -0.636. The zero-order valence-corrected chi connectivity index (χ0v) is 11.3. The summed E-state index contributed by atoms with van der Waals surface area (Å²) in [7, 11) is -1.90. The van der Waals surface area contributed by atoms with Crippen molar-refractivity contribution < 1.29 is 27.9 Å². The second-order valence-corrected chi connectivity index (χ2v) is 7.01. The minimum Gasteiger partial charge on any atom is -0.480 e. The second kappa shape index (κ2) is 4.85. The van der Waals surface area contributed by atoms with E-state index in [2.05, 4.69) is 5.32 Å². The number of rotatable bonds is 4. The Morgan fingerprint density at radius 2 is 1.89 bits per heavy atom. The predicted molar refractivity (Wildman–Crippen MR) is 62.8 cm³/mol. The van der Waals surface area contributed by atoms with E-state index in [0.29, 0.717) is 0 Å². The van der Waals surface area contributed by atoms with Gasteiger partial charge in [-0.1, -0.05) is 0 Å². The molecule has 8 heteroatoms. The highest BCUT2D eigenvalue weighted by molar-refractivity contribution is 7.91. The third-order valence-corrected chi connectivity index (χ3v) is 4.73. The molecule has 0 aromatic heterocycles. The first-order chi connectivity index (χ1) is 8.10. The van der Waals surface area contributed by atoms with Crippen molar-refractivity contribution in [2.24, 2.45) is 5.41 Å². The average Bonchev–Trinajstić information content (AvgIpc) is 2.52. The molecule has 1 aliphatic rings. The Kier molecular flexibility index (Phi) is 4.02. The number of hydrogen-bond acceptors (Lipinski definition) is 5. The molecule has 1 heterocycles. The van der Waals surface area contributed by atoms with Gasteiger partial charge in [0, 0.05) is 7.11 Å². The van der Waals surface area contributed by atoms with Crippen LogP contribution in [0.2, 0.25) is 0 Å². The van der Waals surface area contributed by atoms with Crippen molar-refractivity contribution in [3.63, 3.8) is 0 Å². The Morgan fingerprint density at radius 3 is 2.33 bits per heavy atom. The highest BCUT2D eigenvalue weighted by atomic mass is 32.2. The summed E-state index contributed by atoms with van der Waals surface area (Å²) in [6.45, 7) is 2.52. The summed E-state index contributed by atoms with van der Waals surface area (Å²) in [5.74, 6) is -2.39. The van der Waals surface area contributed by atoms with Gasteiger partial charge in [-0.3, -0.25) is 9.59 Å². The van der Waals surface area contributed by atoms with Crippen molar-refractivity contribution in [1.29, 1.82) is 0 Å². The van der Waals surface area contributed by atoms with E-state index in [1.807, 2.05) is 0 Å². The molecule has 1 fully saturated rings. The molecular weight excluding hydrogens is 262 g/mol. The van der Waals surface area contributed by atoms with Crippen LogP contribution in [-0.2, 0) is 24.2 Å². The maximum Gasteiger partial charge on any atom is 0.318 e. The standard InChI is InChI=1S/C10H17NO6S/c1-10(2,9(13)14)8(12)11-6-4-18(15,16)5-7(6)17-3/h6-7H,4-5H2,1-3H3,(H,11,12)(H,13,14). The largest absolute Gasteiger partial charge is 0.480 e. The lowest BCUT2D eigenvalue weighted by Crippen LogP contribution is -2.50. The Morgan fingerprint density at radius 1 is 1.33 bits per heavy atom. The van der Waals surface area contributed by atoms with Gasteiger partial charge in [-0.15, -0.1) is 0 Å². The maximum atomic E-state index is 11.8. The summed E-state index contributed by atoms with van der Waals surface area (Å²) in [5, 5.41) is 11.3. The number of nitrogens with one attached hydrogen (secondary N) is 1. The van der Waals surface area contributed by atoms with E-state index in [-0.39, 0.29) is 11.5 Å². The van der Waals surface area contributed by atoms with Crippen LogP contribution in [0.15, 0.2) is 0 Å². The maximum absolute atomic E-state index is 11.8. The Hall–Kier alpha value is -1.15. The number of amides is 1. The van der Waals surface area contributed by atoms with Crippen molar-refractivity contribution in [2.45, 2.75) is 26.0 Å². The SMILES string of the molecule is COC1CS(=O)(=O)CC1NC(=O)C(C)(C)C(=O)O. The monoisotopic (exact) mass is 279 g/mol. The van der Waals surface area contributed by atoms with E-state index in [1.54, 1.807) is 0 Å². The van der Waals surface area contributed by atoms with Crippen LogP contribution in [-0.4, -0.2) is 56.2 Å². The molecule has 1 rings (SSSR count). The minimum absolute atomic E-state index is 0.165. The molecular formula is C10H17NO6S. The van der Waals surface area contributed by atoms with Crippen LogP contribution in [0, 0.1) is 5.41 Å². The van der Waals surface area contributed by atoms with Crippen LogP contribution in [0.3, 0.4) is 0 Å². The topological polar surface area (TPSA) is 110 Å². The molecule has 2 atom stereocenters. The number of aliphatic carboxylic acids is 1. The van der Waals surface area contributed by atoms with Crippen LogP contribution in [0.4, 0.5) is 0 Å². The molecule has 18 heavy (non-hydrogen) atoms. The molecule has 1 amide bonds. The summed E-state index contributed by atoms with van der Waals surface area (Å²) < 4.78 is 27.8. The van der Waals surface area contributed by atoms with Crippen molar-refractivity contribution in [1.82, 2.24) is 5.32 Å². The Labute approximate surface area is 105 Å². The van der Waals surface area contributed by atoms with Gasteiger partial charge < -0.3 is 15.2 Å². The minimum atomic E-state index is -3.26. The fourth-order valence-corrected chi connectivity index (χ4v) is 3.48. The van der Waals surface area contributed by atoms with Gasteiger partial charge in [-0.05, 0) is 13.8 Å². The van der Waals surface area contributed by atoms with Crippen LogP contribution in [0.5, 0.6) is 0 Å². The molecule has 0 spiro atoms. The fraction of sp³-hybridized carbons (Fsp3) is 0.800. The number of methoxy groups -OCH3 is 1. The van der Waals surface area contributed by atoms with E-state index in [4.69, 9.17) is 9.84 Å². The number of carboxylic acids is 1. The highest BCUT2D eigenvalue weighted by Gasteiger charge is 2.43. The van der Waals surface area contributed by atoms with E-state index in [0.717, 1.165) is 0 Å². The predicted octanol–water partition coefficient (Wildman–Crippen LogP) is -0.975. The normalized spacial score (nSPS) is 26.8. The van der Waals surface area contributed by atoms with E-state index < -0.39 is 39.3 Å². The molecule has 0 aromatic rings. The van der Waals surface area contributed by atoms with Gasteiger partial charge in [-0.25, -0.2) is 8.42 Å². The number of carbonyl (C=O) groups excluding carboxylic acids is 1. The van der Waals surface area contributed by atoms with Crippen molar-refractivity contribution in [3.8, 4) is 0 Å². The smallest absolute Gasteiger partial charge is 0.318 e. The van der Waals surface area contributed by atoms with Gasteiger partial charge in [0.2, 0.25) is 5.91 Å². The van der Waals surface area contributed by atoms with E-state index >= 15 is 0 Å². The molecule has 2 unspecified atom stereocenters. The fourth-order valence-electron chi connectivity index (χ4n) is 1.63. The molecule has 0 aliphatic carbocycles. The van der Waals surface area contributed by atoms with Crippen LogP contribution in [0.25, 0.3) is 0 Å². The lowest BCUT2D eigenvalue weighted by atomic mass is 9.92. The first-order valence-electron chi connectivity index (χ1n) is 5.37. The molecule has 1 aliphatic heterocycles. The first-order valence-corrected chi connectivity index (χ1v) is 7.20. The summed E-state index contributed by atoms with van der Waals surface area (Å²) in [4.78, 5) is 22.7. The van der Waals surface area contributed by atoms with Gasteiger partial charge in [0.1, 0.15) is 5.41 Å². The van der Waals surface area contributed by atoms with Gasteiger partial charge >= 0.3 is 5.97 Å². The van der Waals surface area contributed by atoms with Gasteiger partial charge in [0.25, 0.3) is 0 Å². The number of carboxylic acid groups (broad SMARTS) is 1. The van der Waals surface area contributed by atoms with Crippen molar-refractivity contribution in [2.75, 3.05) is 18.6 Å². The third kappa shape index (κ3) is 2.99. The molecule has 7 nitrogen and oxygen atoms in total. The van der Waals surface area contributed by atoms with Gasteiger partial charge in [0.15, 0.2) is 9.84 Å². The quantitative estimate of drug-likeness (QED) is 0.640. The second-order valence-electron chi connectivity index (χ2n) is 4.86. The molecule has 0 aromatic carbocycles. The van der Waals surface area contributed by atoms with Gasteiger partial charge in [-0.2, -0.15) is 0 Å². The molecule has 1 saturated heterocycles. The number of sulfone groups is 1. The third-order valence-electron chi connectivity index (χ3n) is 3.02. The molecule has 2 N–H and O–H groups in total. The van der Waals surface area contributed by atoms with Crippen LogP contribution in [0.1, 0.15) is 13.8 Å². The summed E-state index contributed by atoms with van der Waals surface area (Å²) >= 11 is 0. The average molecular weight is 279 g/mol. The summed E-state index contributed by atoms with van der Waals surface area (Å²) in [6, 6.07) is -0.703. The molecule has 0 saturated carbocycles. The van der Waals surface area contributed by atoms with Crippen molar-refractivity contribution in [3.05, 3.63) is 0 Å². The van der Waals surface area contributed by atoms with Gasteiger partial charge in [0.05, 0.1) is 23.7 Å². The Bertz CT molecular complexity index is 455. The molecule has 0 bridgehead atoms. The zero-order chi connectivity index (χ0) is 14.1. The van der Waals surface area contributed by atoms with Crippen LogP contribution >= 0.6 is 0 Å². The first kappa shape index (κ1) is 14.9. The number of hydrogen-bond donors (Lipinski definition) is 2. The number of carbonyl (C=O) groups is 2.